The molecule has 0 spiro atoms. The van der Waals surface area contributed by atoms with E-state index in [1.807, 2.05) is 6.07 Å². The molecule has 0 unspecified atom stereocenters. The van der Waals surface area contributed by atoms with Gasteiger partial charge in [-0.1, -0.05) is 0 Å². The molecule has 0 saturated heterocycles. The molecule has 0 aliphatic carbocycles. The van der Waals surface area contributed by atoms with Crippen LogP contribution in [0, 0.1) is 5.82 Å². The Morgan fingerprint density at radius 2 is 1.88 bits per heavy atom. The molecular weight excluding hydrogens is 325 g/mol. The minimum atomic E-state index is -0.597. The van der Waals surface area contributed by atoms with Gasteiger partial charge in [-0.2, -0.15) is 0 Å². The summed E-state index contributed by atoms with van der Waals surface area (Å²) in [4.78, 5) is 26.5. The molecule has 0 radical (unpaired) electrons. The first-order chi connectivity index (χ1) is 12.0. The van der Waals surface area contributed by atoms with Crippen LogP contribution in [0.15, 0.2) is 42.5 Å². The summed E-state index contributed by atoms with van der Waals surface area (Å²) in [5, 5.41) is 5.87. The van der Waals surface area contributed by atoms with Crippen LogP contribution in [0.3, 0.4) is 0 Å². The van der Waals surface area contributed by atoms with E-state index >= 15 is 0 Å². The van der Waals surface area contributed by atoms with Gasteiger partial charge in [0.25, 0.3) is 5.91 Å². The number of hydrogen-bond donors (Lipinski definition) is 3. The Kier molecular flexibility index (Phi) is 4.38. The van der Waals surface area contributed by atoms with Crippen molar-refractivity contribution in [1.82, 2.24) is 4.98 Å². The van der Waals surface area contributed by atoms with Crippen molar-refractivity contribution in [2.45, 2.75) is 6.92 Å². The van der Waals surface area contributed by atoms with Gasteiger partial charge < -0.3 is 20.4 Å². The Balaban J connectivity index is 1.85. The van der Waals surface area contributed by atoms with E-state index in [9.17, 15) is 14.0 Å². The minimum Gasteiger partial charge on any atom is -0.497 e. The molecule has 0 aliphatic heterocycles. The topological polar surface area (TPSA) is 83.2 Å². The fourth-order valence-corrected chi connectivity index (χ4v) is 2.45. The fourth-order valence-electron chi connectivity index (χ4n) is 2.45. The van der Waals surface area contributed by atoms with Gasteiger partial charge in [0.15, 0.2) is 0 Å². The highest BCUT2D eigenvalue weighted by Crippen LogP contribution is 2.23. The number of hydrogen-bond acceptors (Lipinski definition) is 3. The predicted molar refractivity (Wildman–Crippen MR) is 93.5 cm³/mol. The molecule has 25 heavy (non-hydrogen) atoms. The van der Waals surface area contributed by atoms with Crippen LogP contribution < -0.4 is 15.4 Å². The van der Waals surface area contributed by atoms with Crippen LogP contribution >= 0.6 is 0 Å². The normalized spacial score (nSPS) is 10.5. The zero-order valence-corrected chi connectivity index (χ0v) is 13.6. The van der Waals surface area contributed by atoms with Crippen molar-refractivity contribution in [1.29, 1.82) is 0 Å². The SMILES string of the molecule is COc1ccc2cc(C(=O)Nc3cc(NC(C)=O)ccc3F)[nH]c2c1. The Labute approximate surface area is 143 Å². The number of amides is 2. The lowest BCUT2D eigenvalue weighted by atomic mass is 10.2. The first-order valence-corrected chi connectivity index (χ1v) is 7.51. The summed E-state index contributed by atoms with van der Waals surface area (Å²) in [6, 6.07) is 11.0. The summed E-state index contributed by atoms with van der Waals surface area (Å²) in [7, 11) is 1.56. The summed E-state index contributed by atoms with van der Waals surface area (Å²) in [6.45, 7) is 1.35. The lowest BCUT2D eigenvalue weighted by molar-refractivity contribution is -0.114. The second kappa shape index (κ2) is 6.64. The van der Waals surface area contributed by atoms with Crippen molar-refractivity contribution in [3.8, 4) is 5.75 Å². The number of H-pyrrole nitrogens is 1. The highest BCUT2D eigenvalue weighted by molar-refractivity contribution is 6.06. The third-order valence-corrected chi connectivity index (χ3v) is 3.61. The number of ether oxygens (including phenoxy) is 1. The molecule has 0 bridgehead atoms. The maximum Gasteiger partial charge on any atom is 0.272 e. The van der Waals surface area contributed by atoms with Crippen LogP contribution in [-0.4, -0.2) is 23.9 Å². The highest BCUT2D eigenvalue weighted by atomic mass is 19.1. The van der Waals surface area contributed by atoms with Gasteiger partial charge in [-0.05, 0) is 36.4 Å². The van der Waals surface area contributed by atoms with Crippen molar-refractivity contribution < 1.29 is 18.7 Å². The summed E-state index contributed by atoms with van der Waals surface area (Å²) in [5.41, 5.74) is 1.39. The second-order valence-electron chi connectivity index (χ2n) is 5.47. The number of methoxy groups -OCH3 is 1. The third-order valence-electron chi connectivity index (χ3n) is 3.61. The van der Waals surface area contributed by atoms with Gasteiger partial charge >= 0.3 is 0 Å². The second-order valence-corrected chi connectivity index (χ2v) is 5.47. The Bertz CT molecular complexity index is 965. The summed E-state index contributed by atoms with van der Waals surface area (Å²) in [5.74, 6) is -0.710. The number of anilines is 2. The average Bonchev–Trinajstić information content (AvgIpc) is 3.00. The molecule has 3 rings (SSSR count). The molecule has 7 heteroatoms. The maximum absolute atomic E-state index is 13.9. The number of fused-ring (bicyclic) bond motifs is 1. The molecule has 0 fully saturated rings. The van der Waals surface area contributed by atoms with Crippen LogP contribution in [0.2, 0.25) is 0 Å². The standard InChI is InChI=1S/C18H16FN3O3/c1-10(23)20-12-4-6-14(19)16(8-12)22-18(24)17-7-11-3-5-13(25-2)9-15(11)21-17/h3-9,21H,1-2H3,(H,20,23)(H,22,24). The number of benzene rings is 2. The van der Waals surface area contributed by atoms with Crippen molar-refractivity contribution in [3.63, 3.8) is 0 Å². The average molecular weight is 341 g/mol. The van der Waals surface area contributed by atoms with Crippen molar-refractivity contribution in [3.05, 3.63) is 54.0 Å². The first-order valence-electron chi connectivity index (χ1n) is 7.51. The van der Waals surface area contributed by atoms with E-state index in [1.165, 1.54) is 25.1 Å². The van der Waals surface area contributed by atoms with Crippen LogP contribution in [0.4, 0.5) is 15.8 Å². The minimum absolute atomic E-state index is 0.0208. The molecule has 3 N–H and O–H groups in total. The predicted octanol–water partition coefficient (Wildman–Crippen LogP) is 3.53. The Morgan fingerprint density at radius 1 is 1.08 bits per heavy atom. The van der Waals surface area contributed by atoms with Crippen LogP contribution in [0.5, 0.6) is 5.75 Å². The molecule has 2 aromatic carbocycles. The number of aromatic amines is 1. The molecular formula is C18H16FN3O3. The fraction of sp³-hybridized carbons (Fsp3) is 0.111. The molecule has 128 valence electrons. The van der Waals surface area contributed by atoms with Crippen LogP contribution in [-0.2, 0) is 4.79 Å². The first kappa shape index (κ1) is 16.5. The Morgan fingerprint density at radius 3 is 2.60 bits per heavy atom. The van der Waals surface area contributed by atoms with E-state index in [0.717, 1.165) is 10.9 Å². The van der Waals surface area contributed by atoms with Crippen molar-refractivity contribution in [2.24, 2.45) is 0 Å². The van der Waals surface area contributed by atoms with E-state index in [4.69, 9.17) is 4.74 Å². The zero-order chi connectivity index (χ0) is 18.0. The van der Waals surface area contributed by atoms with Gasteiger partial charge in [0.1, 0.15) is 17.3 Å². The summed E-state index contributed by atoms with van der Waals surface area (Å²) in [6.07, 6.45) is 0. The van der Waals surface area contributed by atoms with Gasteiger partial charge in [0.05, 0.1) is 12.8 Å². The molecule has 1 aromatic heterocycles. The lowest BCUT2D eigenvalue weighted by Crippen LogP contribution is -2.14. The summed E-state index contributed by atoms with van der Waals surface area (Å²) < 4.78 is 19.1. The zero-order valence-electron chi connectivity index (χ0n) is 13.6. The monoisotopic (exact) mass is 341 g/mol. The molecule has 6 nitrogen and oxygen atoms in total. The maximum atomic E-state index is 13.9. The van der Waals surface area contributed by atoms with Gasteiger partial charge in [0, 0.05) is 29.6 Å². The smallest absolute Gasteiger partial charge is 0.272 e. The number of aromatic nitrogens is 1. The molecule has 0 atom stereocenters. The molecule has 0 aliphatic rings. The van der Waals surface area contributed by atoms with E-state index in [2.05, 4.69) is 15.6 Å². The number of halogens is 1. The quantitative estimate of drug-likeness (QED) is 0.679. The van der Waals surface area contributed by atoms with Crippen LogP contribution in [0.1, 0.15) is 17.4 Å². The van der Waals surface area contributed by atoms with E-state index < -0.39 is 11.7 Å². The molecule has 2 amide bonds. The summed E-state index contributed by atoms with van der Waals surface area (Å²) >= 11 is 0. The van der Waals surface area contributed by atoms with Crippen LogP contribution in [0.25, 0.3) is 10.9 Å². The van der Waals surface area contributed by atoms with E-state index in [1.54, 1.807) is 25.3 Å². The molecule has 0 saturated carbocycles. The van der Waals surface area contributed by atoms with Gasteiger partial charge in [-0.15, -0.1) is 0 Å². The number of carbonyl (C=O) groups is 2. The lowest BCUT2D eigenvalue weighted by Gasteiger charge is -2.08. The third kappa shape index (κ3) is 3.60. The van der Waals surface area contributed by atoms with Gasteiger partial charge in [0.2, 0.25) is 5.91 Å². The molecule has 3 aromatic rings. The van der Waals surface area contributed by atoms with Crippen molar-refractivity contribution >= 4 is 34.1 Å². The van der Waals surface area contributed by atoms with E-state index in [-0.39, 0.29) is 17.3 Å². The van der Waals surface area contributed by atoms with Gasteiger partial charge in [-0.3, -0.25) is 9.59 Å². The number of nitrogens with one attached hydrogen (secondary N) is 3. The highest BCUT2D eigenvalue weighted by Gasteiger charge is 2.13. The number of rotatable bonds is 4. The number of carbonyl (C=O) groups excluding carboxylic acids is 2. The molecule has 1 heterocycles. The van der Waals surface area contributed by atoms with Gasteiger partial charge in [-0.25, -0.2) is 4.39 Å². The largest absolute Gasteiger partial charge is 0.497 e. The Hall–Kier alpha value is -3.35. The van der Waals surface area contributed by atoms with E-state index in [0.29, 0.717) is 11.4 Å². The van der Waals surface area contributed by atoms with Crippen molar-refractivity contribution in [2.75, 3.05) is 17.7 Å².